The minimum Gasteiger partial charge on any atom is -0.421 e. The van der Waals surface area contributed by atoms with Crippen molar-refractivity contribution in [3.63, 3.8) is 0 Å². The topological polar surface area (TPSA) is 153 Å². The third-order valence-electron chi connectivity index (χ3n) is 5.18. The Hall–Kier alpha value is -4.25. The van der Waals surface area contributed by atoms with E-state index in [1.54, 1.807) is 36.0 Å². The maximum absolute atomic E-state index is 13.5. The number of aryl methyl sites for hydroxylation is 1. The van der Waals surface area contributed by atoms with Crippen LogP contribution in [0.25, 0.3) is 27.9 Å². The SMILES string of the molecule is Cc1nnc(-c2c(N)ncnc2N[C@@H](C)c2cc3cccc(Cl)c3c(=O)n2-c2cn[nH]c2)o1. The Balaban J connectivity index is 1.66. The van der Waals surface area contributed by atoms with Gasteiger partial charge in [-0.2, -0.15) is 5.10 Å². The highest BCUT2D eigenvalue weighted by Gasteiger charge is 2.22. The first kappa shape index (κ1) is 20.6. The van der Waals surface area contributed by atoms with Crippen LogP contribution >= 0.6 is 11.6 Å². The molecule has 0 spiro atoms. The Labute approximate surface area is 191 Å². The highest BCUT2D eigenvalue weighted by Crippen LogP contribution is 2.32. The van der Waals surface area contributed by atoms with Crippen LogP contribution in [0.1, 0.15) is 24.6 Å². The summed E-state index contributed by atoms with van der Waals surface area (Å²) in [6.45, 7) is 3.57. The number of aromatic nitrogens is 7. The Morgan fingerprint density at radius 1 is 1.27 bits per heavy atom. The van der Waals surface area contributed by atoms with E-state index in [1.807, 2.05) is 19.1 Å². The molecule has 0 bridgehead atoms. The number of nitrogens with one attached hydrogen (secondary N) is 2. The lowest BCUT2D eigenvalue weighted by Crippen LogP contribution is -2.25. The molecule has 1 aromatic carbocycles. The van der Waals surface area contributed by atoms with Gasteiger partial charge in [-0.25, -0.2) is 9.97 Å². The van der Waals surface area contributed by atoms with E-state index < -0.39 is 6.04 Å². The van der Waals surface area contributed by atoms with Crippen molar-refractivity contribution < 1.29 is 4.42 Å². The highest BCUT2D eigenvalue weighted by atomic mass is 35.5. The number of H-pyrrole nitrogens is 1. The Kier molecular flexibility index (Phi) is 5.02. The summed E-state index contributed by atoms with van der Waals surface area (Å²) in [5.74, 6) is 1.14. The first-order chi connectivity index (χ1) is 15.9. The van der Waals surface area contributed by atoms with Crippen molar-refractivity contribution >= 4 is 34.0 Å². The number of nitrogens with two attached hydrogens (primary N) is 1. The summed E-state index contributed by atoms with van der Waals surface area (Å²) in [6.07, 6.45) is 4.53. The maximum atomic E-state index is 13.5. The summed E-state index contributed by atoms with van der Waals surface area (Å²) < 4.78 is 7.10. The number of hydrogen-bond donors (Lipinski definition) is 3. The number of rotatable bonds is 5. The van der Waals surface area contributed by atoms with Gasteiger partial charge in [0.05, 0.1) is 28.3 Å². The van der Waals surface area contributed by atoms with Crippen LogP contribution in [0.15, 0.2) is 52.2 Å². The van der Waals surface area contributed by atoms with Gasteiger partial charge < -0.3 is 15.5 Å². The van der Waals surface area contributed by atoms with Gasteiger partial charge in [-0.05, 0) is 24.4 Å². The highest BCUT2D eigenvalue weighted by molar-refractivity contribution is 6.35. The molecule has 4 aromatic heterocycles. The molecule has 0 fully saturated rings. The second-order valence-electron chi connectivity index (χ2n) is 7.35. The zero-order chi connectivity index (χ0) is 23.1. The van der Waals surface area contributed by atoms with E-state index in [2.05, 4.69) is 35.7 Å². The van der Waals surface area contributed by atoms with Gasteiger partial charge in [-0.1, -0.05) is 23.7 Å². The molecule has 0 aliphatic carbocycles. The molecule has 5 aromatic rings. The van der Waals surface area contributed by atoms with Crippen LogP contribution in [0.3, 0.4) is 0 Å². The van der Waals surface area contributed by atoms with Crippen LogP contribution in [0.4, 0.5) is 11.6 Å². The average Bonchev–Trinajstić information content (AvgIpc) is 3.45. The van der Waals surface area contributed by atoms with E-state index in [1.165, 1.54) is 6.33 Å². The average molecular weight is 464 g/mol. The molecule has 11 nitrogen and oxygen atoms in total. The van der Waals surface area contributed by atoms with Crippen molar-refractivity contribution in [2.75, 3.05) is 11.1 Å². The molecular formula is C21H18ClN9O2. The lowest BCUT2D eigenvalue weighted by atomic mass is 10.1. The number of hydrogen-bond acceptors (Lipinski definition) is 9. The van der Waals surface area contributed by atoms with Crippen LogP contribution in [-0.4, -0.2) is 34.9 Å². The molecular weight excluding hydrogens is 446 g/mol. The number of benzene rings is 1. The lowest BCUT2D eigenvalue weighted by Gasteiger charge is -2.21. The van der Waals surface area contributed by atoms with E-state index in [0.717, 1.165) is 0 Å². The predicted octanol–water partition coefficient (Wildman–Crippen LogP) is 3.27. The van der Waals surface area contributed by atoms with Crippen LogP contribution < -0.4 is 16.6 Å². The molecule has 0 amide bonds. The molecule has 0 unspecified atom stereocenters. The molecule has 12 heteroatoms. The molecule has 33 heavy (non-hydrogen) atoms. The molecule has 0 aliphatic heterocycles. The minimum atomic E-state index is -0.409. The molecule has 0 radical (unpaired) electrons. The van der Waals surface area contributed by atoms with Gasteiger partial charge in [0.1, 0.15) is 23.5 Å². The molecule has 0 saturated heterocycles. The summed E-state index contributed by atoms with van der Waals surface area (Å²) in [5, 5.41) is 19.5. The first-order valence-corrected chi connectivity index (χ1v) is 10.3. The third kappa shape index (κ3) is 3.57. The largest absolute Gasteiger partial charge is 0.421 e. The number of fused-ring (bicyclic) bond motifs is 1. The molecule has 166 valence electrons. The predicted molar refractivity (Wildman–Crippen MR) is 123 cm³/mol. The number of nitrogens with zero attached hydrogens (tertiary/aromatic N) is 6. The molecule has 0 saturated carbocycles. The monoisotopic (exact) mass is 463 g/mol. The lowest BCUT2D eigenvalue weighted by molar-refractivity contribution is 0.532. The number of halogens is 1. The van der Waals surface area contributed by atoms with E-state index in [4.69, 9.17) is 21.8 Å². The van der Waals surface area contributed by atoms with E-state index >= 15 is 0 Å². The Morgan fingerprint density at radius 2 is 2.12 bits per heavy atom. The van der Waals surface area contributed by atoms with Crippen molar-refractivity contribution in [3.05, 3.63) is 69.9 Å². The van der Waals surface area contributed by atoms with Gasteiger partial charge >= 0.3 is 0 Å². The number of pyridine rings is 1. The van der Waals surface area contributed by atoms with Gasteiger partial charge in [0.15, 0.2) is 0 Å². The number of anilines is 2. The van der Waals surface area contributed by atoms with E-state index in [0.29, 0.717) is 44.4 Å². The normalized spacial score (nSPS) is 12.2. The second kappa shape index (κ2) is 8.02. The summed E-state index contributed by atoms with van der Waals surface area (Å²) in [4.78, 5) is 21.9. The Morgan fingerprint density at radius 3 is 2.85 bits per heavy atom. The molecule has 4 heterocycles. The van der Waals surface area contributed by atoms with Gasteiger partial charge in [-0.3, -0.25) is 14.5 Å². The standard InChI is InChI=1S/C21H18ClN9O2/c1-10(28-19-17(18(23)24-9-25-19)20-30-29-11(2)33-20)15-6-12-4-3-5-14(22)16(12)21(32)31(15)13-7-26-27-8-13/h3-10H,1-2H3,(H,26,27)(H3,23,24,25,28)/t10-/m0/s1. The zero-order valence-electron chi connectivity index (χ0n) is 17.6. The van der Waals surface area contributed by atoms with Crippen LogP contribution in [0.5, 0.6) is 0 Å². The fourth-order valence-corrected chi connectivity index (χ4v) is 3.95. The summed E-state index contributed by atoms with van der Waals surface area (Å²) in [7, 11) is 0. The van der Waals surface area contributed by atoms with Gasteiger partial charge in [-0.15, -0.1) is 10.2 Å². The van der Waals surface area contributed by atoms with Crippen molar-refractivity contribution in [1.29, 1.82) is 0 Å². The quantitative estimate of drug-likeness (QED) is 0.356. The fourth-order valence-electron chi connectivity index (χ4n) is 3.69. The first-order valence-electron chi connectivity index (χ1n) is 9.95. The van der Waals surface area contributed by atoms with E-state index in [-0.39, 0.29) is 17.3 Å². The summed E-state index contributed by atoms with van der Waals surface area (Å²) in [6, 6.07) is 6.82. The number of aromatic amines is 1. The smallest absolute Gasteiger partial charge is 0.264 e. The number of nitrogen functional groups attached to an aromatic ring is 1. The van der Waals surface area contributed by atoms with Crippen molar-refractivity contribution in [3.8, 4) is 17.1 Å². The zero-order valence-corrected chi connectivity index (χ0v) is 18.3. The van der Waals surface area contributed by atoms with E-state index in [9.17, 15) is 4.79 Å². The van der Waals surface area contributed by atoms with Crippen molar-refractivity contribution in [2.45, 2.75) is 19.9 Å². The van der Waals surface area contributed by atoms with Crippen molar-refractivity contribution in [1.82, 2.24) is 34.9 Å². The molecule has 4 N–H and O–H groups in total. The second-order valence-corrected chi connectivity index (χ2v) is 7.75. The maximum Gasteiger partial charge on any atom is 0.264 e. The van der Waals surface area contributed by atoms with Crippen LogP contribution in [0.2, 0.25) is 5.02 Å². The minimum absolute atomic E-state index is 0.181. The summed E-state index contributed by atoms with van der Waals surface area (Å²) in [5.41, 5.74) is 7.44. The van der Waals surface area contributed by atoms with Crippen LogP contribution in [0, 0.1) is 6.92 Å². The van der Waals surface area contributed by atoms with Gasteiger partial charge in [0, 0.05) is 18.8 Å². The Bertz CT molecular complexity index is 1530. The summed E-state index contributed by atoms with van der Waals surface area (Å²) >= 11 is 6.36. The van der Waals surface area contributed by atoms with Gasteiger partial charge in [0.2, 0.25) is 5.89 Å². The molecule has 0 aliphatic rings. The molecule has 1 atom stereocenters. The fraction of sp³-hybridized carbons (Fsp3) is 0.143. The third-order valence-corrected chi connectivity index (χ3v) is 5.49. The molecule has 5 rings (SSSR count). The van der Waals surface area contributed by atoms with Crippen LogP contribution in [-0.2, 0) is 0 Å². The van der Waals surface area contributed by atoms with Gasteiger partial charge in [0.25, 0.3) is 11.4 Å². The van der Waals surface area contributed by atoms with Crippen molar-refractivity contribution in [2.24, 2.45) is 0 Å².